The van der Waals surface area contributed by atoms with Crippen molar-refractivity contribution in [2.75, 3.05) is 6.61 Å². The Morgan fingerprint density at radius 2 is 2.24 bits per heavy atom. The molecule has 0 aromatic carbocycles. The van der Waals surface area contributed by atoms with E-state index in [1.807, 2.05) is 0 Å². The number of hydrogen-bond donors (Lipinski definition) is 0. The Labute approximate surface area is 95.7 Å². The average Bonchev–Trinajstić information content (AvgIpc) is 2.56. The second kappa shape index (κ2) is 5.03. The van der Waals surface area contributed by atoms with Gasteiger partial charge in [-0.1, -0.05) is 0 Å². The number of aryl methyl sites for hydroxylation is 1. The Kier molecular flexibility index (Phi) is 3.93. The summed E-state index contributed by atoms with van der Waals surface area (Å²) in [5.41, 5.74) is -1.08. The van der Waals surface area contributed by atoms with E-state index in [1.54, 1.807) is 6.92 Å². The molecule has 0 atom stereocenters. The molecule has 0 saturated heterocycles. The molecule has 0 spiro atoms. The van der Waals surface area contributed by atoms with Crippen LogP contribution in [0.4, 0.5) is 13.2 Å². The van der Waals surface area contributed by atoms with E-state index in [-0.39, 0.29) is 12.2 Å². The molecule has 0 aliphatic carbocycles. The van der Waals surface area contributed by atoms with Gasteiger partial charge in [-0.15, -0.1) is 0 Å². The van der Waals surface area contributed by atoms with Crippen LogP contribution in [0.15, 0.2) is 12.3 Å². The van der Waals surface area contributed by atoms with E-state index in [0.29, 0.717) is 4.68 Å². The number of alkyl halides is 3. The van der Waals surface area contributed by atoms with Crippen LogP contribution in [0.1, 0.15) is 18.2 Å². The first kappa shape index (κ1) is 13.3. The van der Waals surface area contributed by atoms with Crippen LogP contribution >= 0.6 is 0 Å². The number of halogens is 3. The summed E-state index contributed by atoms with van der Waals surface area (Å²) < 4.78 is 43.1. The Morgan fingerprint density at radius 1 is 1.59 bits per heavy atom. The van der Waals surface area contributed by atoms with Gasteiger partial charge in [-0.3, -0.25) is 4.68 Å². The molecule has 7 heteroatoms. The summed E-state index contributed by atoms with van der Waals surface area (Å²) >= 11 is 0. The molecule has 1 heterocycles. The molecule has 0 N–H and O–H groups in total. The molecule has 1 rings (SSSR count). The topological polar surface area (TPSA) is 44.1 Å². The van der Waals surface area contributed by atoms with E-state index in [4.69, 9.17) is 0 Å². The molecule has 94 valence electrons. The normalized spacial score (nSPS) is 12.1. The van der Waals surface area contributed by atoms with Crippen LogP contribution < -0.4 is 0 Å². The quantitative estimate of drug-likeness (QED) is 0.607. The van der Waals surface area contributed by atoms with Gasteiger partial charge in [0.2, 0.25) is 0 Å². The molecule has 1 aromatic heterocycles. The van der Waals surface area contributed by atoms with Gasteiger partial charge in [0, 0.05) is 18.7 Å². The zero-order valence-electron chi connectivity index (χ0n) is 9.28. The number of hydrogen-bond acceptors (Lipinski definition) is 3. The summed E-state index contributed by atoms with van der Waals surface area (Å²) in [6, 6.07) is 0. The van der Waals surface area contributed by atoms with E-state index in [1.165, 1.54) is 7.05 Å². The molecule has 0 unspecified atom stereocenters. The fourth-order valence-corrected chi connectivity index (χ4v) is 1.27. The van der Waals surface area contributed by atoms with Crippen LogP contribution in [0.25, 0.3) is 6.08 Å². The average molecular weight is 248 g/mol. The summed E-state index contributed by atoms with van der Waals surface area (Å²) in [6.45, 7) is 1.78. The lowest BCUT2D eigenvalue weighted by atomic mass is 10.2. The van der Waals surface area contributed by atoms with Crippen LogP contribution in [0.5, 0.6) is 0 Å². The lowest BCUT2D eigenvalue weighted by molar-refractivity contribution is -0.144. The zero-order chi connectivity index (χ0) is 13.1. The van der Waals surface area contributed by atoms with Crippen LogP contribution in [0.3, 0.4) is 0 Å². The highest BCUT2D eigenvalue weighted by Crippen LogP contribution is 2.31. The smallest absolute Gasteiger partial charge is 0.433 e. The minimum Gasteiger partial charge on any atom is -0.463 e. The minimum absolute atomic E-state index is 0.169. The Bertz CT molecular complexity index is 435. The second-order valence-electron chi connectivity index (χ2n) is 3.16. The number of esters is 1. The van der Waals surface area contributed by atoms with E-state index >= 15 is 0 Å². The van der Waals surface area contributed by atoms with Gasteiger partial charge in [-0.2, -0.15) is 18.3 Å². The fourth-order valence-electron chi connectivity index (χ4n) is 1.27. The van der Waals surface area contributed by atoms with Crippen LogP contribution in [0.2, 0.25) is 0 Å². The maximum absolute atomic E-state index is 12.6. The number of aromatic nitrogens is 2. The SMILES string of the molecule is CCOC(=O)/C=C/c1cnn(C)c1C(F)(F)F. The van der Waals surface area contributed by atoms with Crippen molar-refractivity contribution in [3.05, 3.63) is 23.5 Å². The Morgan fingerprint density at radius 3 is 2.76 bits per heavy atom. The standard InChI is InChI=1S/C10H11F3N2O2/c1-3-17-8(16)5-4-7-6-14-15(2)9(7)10(11,12)13/h4-6H,3H2,1-2H3/b5-4+. The number of nitrogens with zero attached hydrogens (tertiary/aromatic N) is 2. The van der Waals surface area contributed by atoms with Crippen LogP contribution in [0, 0.1) is 0 Å². The molecular formula is C10H11F3N2O2. The summed E-state index contributed by atoms with van der Waals surface area (Å²) in [7, 11) is 1.19. The lowest BCUT2D eigenvalue weighted by Gasteiger charge is -2.07. The number of ether oxygens (including phenoxy) is 1. The molecule has 17 heavy (non-hydrogen) atoms. The maximum Gasteiger partial charge on any atom is 0.433 e. The highest BCUT2D eigenvalue weighted by Gasteiger charge is 2.36. The largest absolute Gasteiger partial charge is 0.463 e. The molecule has 0 saturated carbocycles. The van der Waals surface area contributed by atoms with Gasteiger partial charge in [0.05, 0.1) is 12.8 Å². The fraction of sp³-hybridized carbons (Fsp3) is 0.400. The summed E-state index contributed by atoms with van der Waals surface area (Å²) in [5, 5.41) is 3.50. The molecule has 0 aliphatic heterocycles. The Balaban J connectivity index is 2.97. The van der Waals surface area contributed by atoms with Gasteiger partial charge in [0.1, 0.15) is 5.69 Å². The molecule has 4 nitrogen and oxygen atoms in total. The monoisotopic (exact) mass is 248 g/mol. The molecule has 0 radical (unpaired) electrons. The second-order valence-corrected chi connectivity index (χ2v) is 3.16. The molecule has 0 amide bonds. The lowest BCUT2D eigenvalue weighted by Crippen LogP contribution is -2.13. The van der Waals surface area contributed by atoms with Crippen molar-refractivity contribution in [3.63, 3.8) is 0 Å². The third-order valence-electron chi connectivity index (χ3n) is 1.92. The van der Waals surface area contributed by atoms with Gasteiger partial charge in [0.25, 0.3) is 0 Å². The highest BCUT2D eigenvalue weighted by atomic mass is 19.4. The zero-order valence-corrected chi connectivity index (χ0v) is 9.28. The van der Waals surface area contributed by atoms with E-state index in [0.717, 1.165) is 18.3 Å². The number of carbonyl (C=O) groups excluding carboxylic acids is 1. The maximum atomic E-state index is 12.6. The summed E-state index contributed by atoms with van der Waals surface area (Å²) in [6.07, 6.45) is -1.50. The molecule has 1 aromatic rings. The van der Waals surface area contributed by atoms with Crippen molar-refractivity contribution in [3.8, 4) is 0 Å². The van der Waals surface area contributed by atoms with Crippen LogP contribution in [-0.4, -0.2) is 22.4 Å². The third kappa shape index (κ3) is 3.33. The molecule has 0 aliphatic rings. The van der Waals surface area contributed by atoms with Crippen LogP contribution in [-0.2, 0) is 22.8 Å². The van der Waals surface area contributed by atoms with E-state index in [9.17, 15) is 18.0 Å². The van der Waals surface area contributed by atoms with Gasteiger partial charge in [-0.05, 0) is 13.0 Å². The predicted octanol–water partition coefficient (Wildman–Crippen LogP) is 2.02. The van der Waals surface area contributed by atoms with Gasteiger partial charge >= 0.3 is 12.1 Å². The van der Waals surface area contributed by atoms with Crippen molar-refractivity contribution >= 4 is 12.0 Å². The van der Waals surface area contributed by atoms with E-state index in [2.05, 4.69) is 9.84 Å². The van der Waals surface area contributed by atoms with Gasteiger partial charge in [-0.25, -0.2) is 4.79 Å². The Hall–Kier alpha value is -1.79. The van der Waals surface area contributed by atoms with Crippen molar-refractivity contribution in [1.29, 1.82) is 0 Å². The molecular weight excluding hydrogens is 237 g/mol. The van der Waals surface area contributed by atoms with Crippen molar-refractivity contribution in [2.24, 2.45) is 7.05 Å². The van der Waals surface area contributed by atoms with Crippen molar-refractivity contribution in [1.82, 2.24) is 9.78 Å². The predicted molar refractivity (Wildman–Crippen MR) is 53.9 cm³/mol. The first-order valence-electron chi connectivity index (χ1n) is 4.80. The molecule has 0 fully saturated rings. The number of rotatable bonds is 3. The van der Waals surface area contributed by atoms with Gasteiger partial charge in [0.15, 0.2) is 0 Å². The van der Waals surface area contributed by atoms with Crippen molar-refractivity contribution in [2.45, 2.75) is 13.1 Å². The first-order valence-corrected chi connectivity index (χ1v) is 4.80. The van der Waals surface area contributed by atoms with E-state index < -0.39 is 17.8 Å². The highest BCUT2D eigenvalue weighted by molar-refractivity contribution is 5.87. The number of carbonyl (C=O) groups is 1. The minimum atomic E-state index is -4.51. The van der Waals surface area contributed by atoms with Crippen molar-refractivity contribution < 1.29 is 22.7 Å². The third-order valence-corrected chi connectivity index (χ3v) is 1.92. The summed E-state index contributed by atoms with van der Waals surface area (Å²) in [5.74, 6) is -0.690. The van der Waals surface area contributed by atoms with Gasteiger partial charge < -0.3 is 4.74 Å². The molecule has 0 bridgehead atoms. The first-order chi connectivity index (χ1) is 7.86. The summed E-state index contributed by atoms with van der Waals surface area (Å²) in [4.78, 5) is 11.0.